The lowest BCUT2D eigenvalue weighted by Crippen LogP contribution is -1.90. The van der Waals surface area contributed by atoms with Crippen LogP contribution in [0.25, 0.3) is 21.8 Å². The summed E-state index contributed by atoms with van der Waals surface area (Å²) in [6, 6.07) is 12.1. The summed E-state index contributed by atoms with van der Waals surface area (Å²) in [5, 5.41) is 3.91. The van der Waals surface area contributed by atoms with Crippen molar-refractivity contribution in [1.82, 2.24) is 5.16 Å². The van der Waals surface area contributed by atoms with Crippen molar-refractivity contribution >= 4 is 33.1 Å². The van der Waals surface area contributed by atoms with Gasteiger partial charge >= 0.3 is 0 Å². The molecule has 0 aliphatic carbocycles. The zero-order valence-corrected chi connectivity index (χ0v) is 12.6. The molecule has 2 N–H and O–H groups in total. The van der Waals surface area contributed by atoms with E-state index in [2.05, 4.69) is 34.1 Å². The van der Waals surface area contributed by atoms with E-state index in [1.807, 2.05) is 30.3 Å². The normalized spacial score (nSPS) is 10.8. The minimum atomic E-state index is 0.425. The highest BCUT2D eigenvalue weighted by Crippen LogP contribution is 2.41. The maximum atomic E-state index is 5.97. The van der Waals surface area contributed by atoms with Crippen LogP contribution in [0.15, 0.2) is 44.7 Å². The van der Waals surface area contributed by atoms with Gasteiger partial charge in [0.1, 0.15) is 0 Å². The van der Waals surface area contributed by atoms with Gasteiger partial charge in [-0.15, -0.1) is 11.3 Å². The Bertz CT molecular complexity index is 733. The lowest BCUT2D eigenvalue weighted by atomic mass is 10.0. The summed E-state index contributed by atoms with van der Waals surface area (Å²) in [4.78, 5) is 1.01. The van der Waals surface area contributed by atoms with Crippen molar-refractivity contribution < 1.29 is 4.52 Å². The minimum Gasteiger partial charge on any atom is -0.380 e. The van der Waals surface area contributed by atoms with Gasteiger partial charge in [0.05, 0.1) is 14.2 Å². The highest BCUT2D eigenvalue weighted by Gasteiger charge is 2.19. The number of aryl methyl sites for hydroxylation is 1. The van der Waals surface area contributed by atoms with Crippen LogP contribution >= 0.6 is 27.3 Å². The number of nitrogen functional groups attached to an aromatic ring is 1. The molecule has 0 saturated carbocycles. The number of rotatable bonds is 2. The standard InChI is InChI=1S/C14H11BrN2OS/c1-8-4-2-3-5-9(8)12-13(18-17-14(12)16)10-6-7-11(15)19-10/h2-7H,1H3,(H2,16,17). The summed E-state index contributed by atoms with van der Waals surface area (Å²) in [5.74, 6) is 1.15. The van der Waals surface area contributed by atoms with Gasteiger partial charge in [-0.3, -0.25) is 0 Å². The van der Waals surface area contributed by atoms with E-state index in [9.17, 15) is 0 Å². The zero-order valence-electron chi connectivity index (χ0n) is 10.2. The molecule has 3 rings (SSSR count). The molecule has 0 radical (unpaired) electrons. The SMILES string of the molecule is Cc1ccccc1-c1c(N)noc1-c1ccc(Br)s1. The van der Waals surface area contributed by atoms with E-state index in [0.717, 1.165) is 31.1 Å². The number of aromatic nitrogens is 1. The highest BCUT2D eigenvalue weighted by atomic mass is 79.9. The van der Waals surface area contributed by atoms with Crippen LogP contribution in [0.3, 0.4) is 0 Å². The van der Waals surface area contributed by atoms with Crippen molar-refractivity contribution in [3.05, 3.63) is 45.7 Å². The van der Waals surface area contributed by atoms with Gasteiger partial charge in [0.2, 0.25) is 0 Å². The molecule has 0 amide bonds. The van der Waals surface area contributed by atoms with Gasteiger partial charge in [-0.05, 0) is 46.1 Å². The van der Waals surface area contributed by atoms with Gasteiger partial charge in [0.25, 0.3) is 0 Å². The first kappa shape index (κ1) is 12.4. The Labute approximate surface area is 123 Å². The van der Waals surface area contributed by atoms with E-state index in [1.165, 1.54) is 0 Å². The maximum absolute atomic E-state index is 5.97. The van der Waals surface area contributed by atoms with Crippen LogP contribution < -0.4 is 5.73 Å². The number of anilines is 1. The molecule has 1 aromatic carbocycles. The molecule has 3 aromatic rings. The number of nitrogens with zero attached hydrogens (tertiary/aromatic N) is 1. The van der Waals surface area contributed by atoms with Crippen LogP contribution in [0.1, 0.15) is 5.56 Å². The second-order valence-electron chi connectivity index (χ2n) is 4.19. The van der Waals surface area contributed by atoms with Gasteiger partial charge in [0.15, 0.2) is 11.6 Å². The Morgan fingerprint density at radius 1 is 1.21 bits per heavy atom. The molecule has 0 aliphatic heterocycles. The number of hydrogen-bond acceptors (Lipinski definition) is 4. The third kappa shape index (κ3) is 2.19. The van der Waals surface area contributed by atoms with E-state index >= 15 is 0 Å². The molecule has 2 heterocycles. The Balaban J connectivity index is 2.22. The quantitative estimate of drug-likeness (QED) is 0.737. The largest absolute Gasteiger partial charge is 0.380 e. The fourth-order valence-electron chi connectivity index (χ4n) is 2.02. The smallest absolute Gasteiger partial charge is 0.186 e. The molecule has 0 atom stereocenters. The van der Waals surface area contributed by atoms with Crippen molar-refractivity contribution in [3.63, 3.8) is 0 Å². The zero-order chi connectivity index (χ0) is 13.4. The molecule has 5 heteroatoms. The summed E-state index contributed by atoms with van der Waals surface area (Å²) >= 11 is 5.05. The van der Waals surface area contributed by atoms with E-state index < -0.39 is 0 Å². The van der Waals surface area contributed by atoms with E-state index in [0.29, 0.717) is 5.82 Å². The van der Waals surface area contributed by atoms with Crippen LogP contribution in [0.2, 0.25) is 0 Å². The van der Waals surface area contributed by atoms with Crippen molar-refractivity contribution in [3.8, 4) is 21.8 Å². The summed E-state index contributed by atoms with van der Waals surface area (Å²) < 4.78 is 6.47. The molecule has 3 nitrogen and oxygen atoms in total. The van der Waals surface area contributed by atoms with Crippen molar-refractivity contribution in [2.24, 2.45) is 0 Å². The summed E-state index contributed by atoms with van der Waals surface area (Å²) in [7, 11) is 0. The molecule has 96 valence electrons. The highest BCUT2D eigenvalue weighted by molar-refractivity contribution is 9.11. The molecule has 0 saturated heterocycles. The van der Waals surface area contributed by atoms with E-state index in [-0.39, 0.29) is 0 Å². The van der Waals surface area contributed by atoms with Gasteiger partial charge in [-0.25, -0.2) is 0 Å². The van der Waals surface area contributed by atoms with Gasteiger partial charge < -0.3 is 10.3 Å². The Morgan fingerprint density at radius 2 is 2.00 bits per heavy atom. The Kier molecular flexibility index (Phi) is 3.16. The molecule has 0 fully saturated rings. The van der Waals surface area contributed by atoms with E-state index in [4.69, 9.17) is 10.3 Å². The second-order valence-corrected chi connectivity index (χ2v) is 6.65. The monoisotopic (exact) mass is 334 g/mol. The summed E-state index contributed by atoms with van der Waals surface area (Å²) in [6.45, 7) is 2.05. The molecular formula is C14H11BrN2OS. The van der Waals surface area contributed by atoms with Gasteiger partial charge in [0, 0.05) is 0 Å². The summed E-state index contributed by atoms with van der Waals surface area (Å²) in [5.41, 5.74) is 9.05. The van der Waals surface area contributed by atoms with E-state index in [1.54, 1.807) is 11.3 Å². The third-order valence-electron chi connectivity index (χ3n) is 2.93. The molecular weight excluding hydrogens is 324 g/mol. The Hall–Kier alpha value is -1.59. The van der Waals surface area contributed by atoms with Gasteiger partial charge in [-0.2, -0.15) is 0 Å². The molecule has 2 aromatic heterocycles. The average molecular weight is 335 g/mol. The van der Waals surface area contributed by atoms with Crippen LogP contribution in [0.5, 0.6) is 0 Å². The molecule has 0 aliphatic rings. The van der Waals surface area contributed by atoms with Crippen molar-refractivity contribution in [2.45, 2.75) is 6.92 Å². The van der Waals surface area contributed by atoms with Gasteiger partial charge in [-0.1, -0.05) is 29.4 Å². The number of halogens is 1. The third-order valence-corrected chi connectivity index (χ3v) is 4.55. The Morgan fingerprint density at radius 3 is 2.68 bits per heavy atom. The van der Waals surface area contributed by atoms with Crippen LogP contribution in [0, 0.1) is 6.92 Å². The fourth-order valence-corrected chi connectivity index (χ4v) is 3.39. The number of thiophene rings is 1. The molecule has 19 heavy (non-hydrogen) atoms. The second kappa shape index (κ2) is 4.83. The lowest BCUT2D eigenvalue weighted by Gasteiger charge is -2.04. The molecule has 0 bridgehead atoms. The minimum absolute atomic E-state index is 0.425. The number of nitrogens with two attached hydrogens (primary N) is 1. The number of benzene rings is 1. The van der Waals surface area contributed by atoms with Crippen LogP contribution in [0.4, 0.5) is 5.82 Å². The molecule has 0 spiro atoms. The number of hydrogen-bond donors (Lipinski definition) is 1. The van der Waals surface area contributed by atoms with Crippen LogP contribution in [-0.4, -0.2) is 5.16 Å². The first-order valence-electron chi connectivity index (χ1n) is 5.73. The predicted octanol–water partition coefficient (Wildman–Crippen LogP) is 4.72. The average Bonchev–Trinajstić information content (AvgIpc) is 2.96. The first-order valence-corrected chi connectivity index (χ1v) is 7.34. The molecule has 0 unspecified atom stereocenters. The van der Waals surface area contributed by atoms with Crippen LogP contribution in [-0.2, 0) is 0 Å². The lowest BCUT2D eigenvalue weighted by molar-refractivity contribution is 0.437. The predicted molar refractivity (Wildman–Crippen MR) is 82.1 cm³/mol. The summed E-state index contributed by atoms with van der Waals surface area (Å²) in [6.07, 6.45) is 0. The first-order chi connectivity index (χ1) is 9.16. The fraction of sp³-hybridized carbons (Fsp3) is 0.0714. The van der Waals surface area contributed by atoms with Crippen molar-refractivity contribution in [2.75, 3.05) is 5.73 Å². The maximum Gasteiger partial charge on any atom is 0.186 e. The van der Waals surface area contributed by atoms with Crippen molar-refractivity contribution in [1.29, 1.82) is 0 Å². The topological polar surface area (TPSA) is 52.0 Å².